The van der Waals surface area contributed by atoms with Gasteiger partial charge in [0.1, 0.15) is 5.02 Å². The summed E-state index contributed by atoms with van der Waals surface area (Å²) in [5.74, 6) is -0.431. The van der Waals surface area contributed by atoms with Crippen LogP contribution in [0.3, 0.4) is 0 Å². The van der Waals surface area contributed by atoms with Gasteiger partial charge in [0.05, 0.1) is 10.4 Å². The molecular weight excluding hydrogens is 375 g/mol. The van der Waals surface area contributed by atoms with E-state index >= 15 is 0 Å². The molecule has 0 aliphatic heterocycles. The number of hydrogen-bond acceptors (Lipinski definition) is 5. The molecule has 0 spiro atoms. The molecule has 0 bridgehead atoms. The molecule has 1 aromatic carbocycles. The number of alkyl halides is 3. The normalized spacial score (nSPS) is 12.8. The number of nitro groups is 1. The Kier molecular flexibility index (Phi) is 4.64. The standard InChI is InChI=1S/C16H9ClF3N3O3/c17-12-7-10-6-11(23(24)25)3-4-13(10)22-15(12)26-14(16(18,19)20)9-2-1-5-21-8-9/h1-8,14H. The van der Waals surface area contributed by atoms with Crippen molar-refractivity contribution in [2.75, 3.05) is 0 Å². The Balaban J connectivity index is 2.02. The lowest BCUT2D eigenvalue weighted by Crippen LogP contribution is -2.26. The molecule has 0 amide bonds. The van der Waals surface area contributed by atoms with Crippen molar-refractivity contribution in [2.24, 2.45) is 0 Å². The summed E-state index contributed by atoms with van der Waals surface area (Å²) < 4.78 is 45.2. The molecule has 0 aliphatic carbocycles. The third kappa shape index (κ3) is 3.67. The van der Waals surface area contributed by atoms with E-state index in [0.29, 0.717) is 5.39 Å². The number of fused-ring (bicyclic) bond motifs is 1. The third-order valence-electron chi connectivity index (χ3n) is 3.44. The lowest BCUT2D eigenvalue weighted by atomic mass is 10.1. The average Bonchev–Trinajstić information content (AvgIpc) is 2.59. The predicted octanol–water partition coefficient (Wildman–Crippen LogP) is 4.87. The maximum absolute atomic E-state index is 13.4. The van der Waals surface area contributed by atoms with E-state index in [-0.39, 0.29) is 21.8 Å². The lowest BCUT2D eigenvalue weighted by Gasteiger charge is -2.21. The highest BCUT2D eigenvalue weighted by Gasteiger charge is 2.43. The highest BCUT2D eigenvalue weighted by molar-refractivity contribution is 6.32. The molecule has 26 heavy (non-hydrogen) atoms. The molecule has 2 heterocycles. The van der Waals surface area contributed by atoms with Gasteiger partial charge in [0, 0.05) is 35.5 Å². The first-order chi connectivity index (χ1) is 12.3. The van der Waals surface area contributed by atoms with Gasteiger partial charge in [-0.25, -0.2) is 4.98 Å². The van der Waals surface area contributed by atoms with Crippen LogP contribution in [0.15, 0.2) is 48.8 Å². The van der Waals surface area contributed by atoms with Crippen LogP contribution in [-0.4, -0.2) is 21.1 Å². The van der Waals surface area contributed by atoms with Gasteiger partial charge in [0.25, 0.3) is 5.69 Å². The first-order valence-electron chi connectivity index (χ1n) is 7.13. The SMILES string of the molecule is O=[N+]([O-])c1ccc2nc(OC(c3cccnc3)C(F)(F)F)c(Cl)cc2c1. The highest BCUT2D eigenvalue weighted by atomic mass is 35.5. The molecule has 0 fully saturated rings. The summed E-state index contributed by atoms with van der Waals surface area (Å²) in [5, 5.41) is 10.9. The van der Waals surface area contributed by atoms with Crippen molar-refractivity contribution in [1.82, 2.24) is 9.97 Å². The van der Waals surface area contributed by atoms with E-state index in [2.05, 4.69) is 9.97 Å². The predicted molar refractivity (Wildman–Crippen MR) is 87.1 cm³/mol. The number of pyridine rings is 2. The molecule has 134 valence electrons. The van der Waals surface area contributed by atoms with Crippen LogP contribution in [0.25, 0.3) is 10.9 Å². The Hall–Kier alpha value is -2.94. The third-order valence-corrected chi connectivity index (χ3v) is 3.72. The summed E-state index contributed by atoms with van der Waals surface area (Å²) in [6, 6.07) is 7.57. The van der Waals surface area contributed by atoms with Crippen LogP contribution in [-0.2, 0) is 0 Å². The van der Waals surface area contributed by atoms with E-state index in [1.807, 2.05) is 0 Å². The number of ether oxygens (including phenoxy) is 1. The number of non-ortho nitro benzene ring substituents is 1. The minimum absolute atomic E-state index is 0.187. The molecule has 1 unspecified atom stereocenters. The summed E-state index contributed by atoms with van der Waals surface area (Å²) in [5.41, 5.74) is -0.184. The molecular formula is C16H9ClF3N3O3. The Labute approximate surface area is 149 Å². The van der Waals surface area contributed by atoms with Gasteiger partial charge in [-0.05, 0) is 18.2 Å². The van der Waals surface area contributed by atoms with Gasteiger partial charge < -0.3 is 4.74 Å². The molecule has 0 saturated heterocycles. The zero-order valence-electron chi connectivity index (χ0n) is 12.8. The number of nitro benzene ring substituents is 1. The van der Waals surface area contributed by atoms with Crippen molar-refractivity contribution < 1.29 is 22.8 Å². The van der Waals surface area contributed by atoms with Gasteiger partial charge in [0.2, 0.25) is 12.0 Å². The van der Waals surface area contributed by atoms with Crippen molar-refractivity contribution in [3.05, 3.63) is 69.5 Å². The van der Waals surface area contributed by atoms with Crippen LogP contribution < -0.4 is 4.74 Å². The first-order valence-corrected chi connectivity index (χ1v) is 7.51. The topological polar surface area (TPSA) is 78.2 Å². The number of hydrogen-bond donors (Lipinski definition) is 0. The fourth-order valence-corrected chi connectivity index (χ4v) is 2.49. The quantitative estimate of drug-likeness (QED) is 0.474. The Morgan fingerprint density at radius 2 is 2.00 bits per heavy atom. The van der Waals surface area contributed by atoms with Crippen LogP contribution in [0.2, 0.25) is 5.02 Å². The largest absolute Gasteiger partial charge is 0.459 e. The fourth-order valence-electron chi connectivity index (χ4n) is 2.28. The second-order valence-electron chi connectivity index (χ2n) is 5.24. The summed E-state index contributed by atoms with van der Waals surface area (Å²) in [6.07, 6.45) is -4.66. The molecule has 3 aromatic rings. The molecule has 10 heteroatoms. The second-order valence-corrected chi connectivity index (χ2v) is 5.64. The van der Waals surface area contributed by atoms with Gasteiger partial charge in [0.15, 0.2) is 0 Å². The van der Waals surface area contributed by atoms with Crippen LogP contribution >= 0.6 is 11.6 Å². The van der Waals surface area contributed by atoms with E-state index in [9.17, 15) is 23.3 Å². The van der Waals surface area contributed by atoms with E-state index in [1.54, 1.807) is 0 Å². The van der Waals surface area contributed by atoms with Gasteiger partial charge >= 0.3 is 6.18 Å². The van der Waals surface area contributed by atoms with Crippen LogP contribution in [0.4, 0.5) is 18.9 Å². The van der Waals surface area contributed by atoms with E-state index in [0.717, 1.165) is 6.20 Å². The summed E-state index contributed by atoms with van der Waals surface area (Å²) in [4.78, 5) is 17.8. The molecule has 0 saturated carbocycles. The van der Waals surface area contributed by atoms with E-state index in [4.69, 9.17) is 16.3 Å². The van der Waals surface area contributed by atoms with Crippen molar-refractivity contribution in [2.45, 2.75) is 12.3 Å². The summed E-state index contributed by atoms with van der Waals surface area (Å²) >= 11 is 5.98. The maximum Gasteiger partial charge on any atom is 0.429 e. The van der Waals surface area contributed by atoms with Crippen molar-refractivity contribution >= 4 is 28.2 Å². The minimum atomic E-state index is -4.72. The smallest absolute Gasteiger partial charge is 0.429 e. The molecule has 6 nitrogen and oxygen atoms in total. The van der Waals surface area contributed by atoms with Gasteiger partial charge in [-0.1, -0.05) is 17.7 Å². The Morgan fingerprint density at radius 1 is 1.23 bits per heavy atom. The molecule has 0 radical (unpaired) electrons. The van der Waals surface area contributed by atoms with E-state index < -0.39 is 23.1 Å². The van der Waals surface area contributed by atoms with Crippen LogP contribution in [0.5, 0.6) is 5.88 Å². The van der Waals surface area contributed by atoms with Gasteiger partial charge in [-0.2, -0.15) is 13.2 Å². The van der Waals surface area contributed by atoms with Gasteiger partial charge in [-0.15, -0.1) is 0 Å². The zero-order valence-corrected chi connectivity index (χ0v) is 13.5. The van der Waals surface area contributed by atoms with E-state index in [1.165, 1.54) is 42.6 Å². The summed E-state index contributed by atoms with van der Waals surface area (Å²) in [6.45, 7) is 0. The van der Waals surface area contributed by atoms with Gasteiger partial charge in [-0.3, -0.25) is 15.1 Å². The average molecular weight is 384 g/mol. The van der Waals surface area contributed by atoms with Crippen molar-refractivity contribution in [3.63, 3.8) is 0 Å². The van der Waals surface area contributed by atoms with Crippen molar-refractivity contribution in [3.8, 4) is 5.88 Å². The van der Waals surface area contributed by atoms with Crippen LogP contribution in [0.1, 0.15) is 11.7 Å². The zero-order chi connectivity index (χ0) is 18.9. The fraction of sp³-hybridized carbons (Fsp3) is 0.125. The second kappa shape index (κ2) is 6.75. The number of aromatic nitrogens is 2. The molecule has 2 aromatic heterocycles. The van der Waals surface area contributed by atoms with Crippen molar-refractivity contribution in [1.29, 1.82) is 0 Å². The minimum Gasteiger partial charge on any atom is -0.459 e. The maximum atomic E-state index is 13.4. The first kappa shape index (κ1) is 17.9. The summed E-state index contributed by atoms with van der Waals surface area (Å²) in [7, 11) is 0. The monoisotopic (exact) mass is 383 g/mol. The molecule has 1 atom stereocenters. The molecule has 3 rings (SSSR count). The van der Waals surface area contributed by atoms with Crippen LogP contribution in [0, 0.1) is 10.1 Å². The number of halogens is 4. The molecule has 0 aliphatic rings. The number of benzene rings is 1. The number of nitrogens with zero attached hydrogens (tertiary/aromatic N) is 3. The lowest BCUT2D eigenvalue weighted by molar-refractivity contribution is -0.384. The Bertz CT molecular complexity index is 967. The highest BCUT2D eigenvalue weighted by Crippen LogP contribution is 2.38. The Morgan fingerprint density at radius 3 is 2.62 bits per heavy atom. The number of rotatable bonds is 4. The molecule has 0 N–H and O–H groups in total.